The average Bonchev–Trinajstić information content (AvgIpc) is 2.57. The Bertz CT molecular complexity index is 685. The first-order valence-corrected chi connectivity index (χ1v) is 8.05. The minimum atomic E-state index is -0.602. The van der Waals surface area contributed by atoms with Crippen molar-refractivity contribution in [3.8, 4) is 0 Å². The predicted molar refractivity (Wildman–Crippen MR) is 97.1 cm³/mol. The van der Waals surface area contributed by atoms with Gasteiger partial charge in [-0.3, -0.25) is 14.8 Å². The van der Waals surface area contributed by atoms with Crippen molar-refractivity contribution in [3.63, 3.8) is 0 Å². The number of carbonyl (C=O) groups is 2. The van der Waals surface area contributed by atoms with Crippen molar-refractivity contribution < 1.29 is 19.1 Å². The third-order valence-corrected chi connectivity index (χ3v) is 2.71. The van der Waals surface area contributed by atoms with E-state index < -0.39 is 11.7 Å². The van der Waals surface area contributed by atoms with Gasteiger partial charge in [0.2, 0.25) is 0 Å². The van der Waals surface area contributed by atoms with Crippen LogP contribution in [0.25, 0.3) is 0 Å². The van der Waals surface area contributed by atoms with Gasteiger partial charge in [0, 0.05) is 6.20 Å². The summed E-state index contributed by atoms with van der Waals surface area (Å²) in [6.07, 6.45) is 5.83. The minimum Gasteiger partial charge on any atom is -0.468 e. The molecule has 0 N–H and O–H groups in total. The highest BCUT2D eigenvalue weighted by Crippen LogP contribution is 2.24. The van der Waals surface area contributed by atoms with Crippen LogP contribution < -0.4 is 4.90 Å². The first-order chi connectivity index (χ1) is 12.3. The van der Waals surface area contributed by atoms with Crippen LogP contribution in [0, 0.1) is 6.92 Å². The maximum absolute atomic E-state index is 12.5. The fourth-order valence-corrected chi connectivity index (χ4v) is 1.69. The minimum absolute atomic E-state index is 0.392. The number of aromatic nitrogens is 3. The number of hydrogen-bond acceptors (Lipinski definition) is 7. The second kappa shape index (κ2) is 10.1. The Labute approximate surface area is 153 Å². The van der Waals surface area contributed by atoms with Crippen molar-refractivity contribution in [2.24, 2.45) is 0 Å². The van der Waals surface area contributed by atoms with Crippen LogP contribution in [0.3, 0.4) is 0 Å². The van der Waals surface area contributed by atoms with Gasteiger partial charge in [-0.15, -0.1) is 0 Å². The van der Waals surface area contributed by atoms with E-state index in [0.29, 0.717) is 24.6 Å². The Morgan fingerprint density at radius 2 is 1.96 bits per heavy atom. The predicted octanol–water partition coefficient (Wildman–Crippen LogP) is 3.43. The standard InChI is InChI=1S/C15H18N4O2.C3H6O2/c1-11-8-18-13(10-17-11)19(12-6-5-7-16-9-12)14(20)21-15(2,3)4;1-2-5-3-4/h5-10H,1-4H3;3H,2H2,1H3. The van der Waals surface area contributed by atoms with Crippen LogP contribution >= 0.6 is 0 Å². The van der Waals surface area contributed by atoms with E-state index >= 15 is 0 Å². The zero-order chi connectivity index (χ0) is 19.6. The summed E-state index contributed by atoms with van der Waals surface area (Å²) < 4.78 is 9.58. The van der Waals surface area contributed by atoms with Gasteiger partial charge in [-0.1, -0.05) is 0 Å². The van der Waals surface area contributed by atoms with Crippen LogP contribution in [0.2, 0.25) is 0 Å². The van der Waals surface area contributed by atoms with Crippen LogP contribution in [0.5, 0.6) is 0 Å². The molecule has 8 heteroatoms. The Balaban J connectivity index is 0.000000597. The molecule has 2 aromatic rings. The van der Waals surface area contributed by atoms with Crippen molar-refractivity contribution in [1.82, 2.24) is 15.0 Å². The lowest BCUT2D eigenvalue weighted by atomic mass is 10.2. The summed E-state index contributed by atoms with van der Waals surface area (Å²) >= 11 is 0. The van der Waals surface area contributed by atoms with E-state index in [9.17, 15) is 9.59 Å². The van der Waals surface area contributed by atoms with Gasteiger partial charge in [0.15, 0.2) is 5.82 Å². The van der Waals surface area contributed by atoms with Gasteiger partial charge in [-0.05, 0) is 46.8 Å². The average molecular weight is 360 g/mol. The quantitative estimate of drug-likeness (QED) is 0.771. The number of aryl methyl sites for hydroxylation is 1. The molecule has 2 rings (SSSR count). The molecule has 0 saturated carbocycles. The van der Waals surface area contributed by atoms with Crippen LogP contribution in [0.1, 0.15) is 33.4 Å². The Morgan fingerprint density at radius 1 is 1.23 bits per heavy atom. The van der Waals surface area contributed by atoms with E-state index in [1.807, 2.05) is 27.7 Å². The first kappa shape index (κ1) is 21.0. The highest BCUT2D eigenvalue weighted by atomic mass is 16.6. The maximum atomic E-state index is 12.5. The first-order valence-electron chi connectivity index (χ1n) is 8.05. The molecular weight excluding hydrogens is 336 g/mol. The van der Waals surface area contributed by atoms with E-state index in [2.05, 4.69) is 19.7 Å². The van der Waals surface area contributed by atoms with Crippen molar-refractivity contribution in [2.75, 3.05) is 11.5 Å². The Morgan fingerprint density at radius 3 is 2.38 bits per heavy atom. The maximum Gasteiger partial charge on any atom is 0.420 e. The van der Waals surface area contributed by atoms with Crippen molar-refractivity contribution in [3.05, 3.63) is 42.6 Å². The molecule has 0 aliphatic carbocycles. The topological polar surface area (TPSA) is 94.5 Å². The van der Waals surface area contributed by atoms with Crippen LogP contribution in [-0.2, 0) is 14.3 Å². The number of amides is 1. The lowest BCUT2D eigenvalue weighted by Gasteiger charge is -2.26. The molecule has 0 unspecified atom stereocenters. The molecular formula is C18H24N4O4. The lowest BCUT2D eigenvalue weighted by molar-refractivity contribution is -0.128. The Hall–Kier alpha value is -3.03. The molecule has 0 fully saturated rings. The zero-order valence-corrected chi connectivity index (χ0v) is 15.7. The van der Waals surface area contributed by atoms with E-state index in [4.69, 9.17) is 4.74 Å². The van der Waals surface area contributed by atoms with E-state index in [0.717, 1.165) is 5.69 Å². The molecule has 0 aliphatic heterocycles. The van der Waals surface area contributed by atoms with Gasteiger partial charge in [-0.25, -0.2) is 14.7 Å². The number of carbonyl (C=O) groups excluding carboxylic acids is 2. The van der Waals surface area contributed by atoms with E-state index in [1.165, 1.54) is 11.1 Å². The van der Waals surface area contributed by atoms with Crippen molar-refractivity contribution in [2.45, 2.75) is 40.2 Å². The second-order valence-electron chi connectivity index (χ2n) is 6.09. The number of hydrogen-bond donors (Lipinski definition) is 0. The third-order valence-electron chi connectivity index (χ3n) is 2.71. The van der Waals surface area contributed by atoms with E-state index in [1.54, 1.807) is 37.6 Å². The van der Waals surface area contributed by atoms with Gasteiger partial charge in [0.05, 0.1) is 36.6 Å². The van der Waals surface area contributed by atoms with Gasteiger partial charge < -0.3 is 9.47 Å². The fourth-order valence-electron chi connectivity index (χ4n) is 1.69. The summed E-state index contributed by atoms with van der Waals surface area (Å²) in [5.74, 6) is 0.392. The highest BCUT2D eigenvalue weighted by molar-refractivity contribution is 5.94. The van der Waals surface area contributed by atoms with Crippen molar-refractivity contribution in [1.29, 1.82) is 0 Å². The summed E-state index contributed by atoms with van der Waals surface area (Å²) in [5, 5.41) is 0. The molecule has 8 nitrogen and oxygen atoms in total. The SMILES string of the molecule is CCOC=O.Cc1cnc(N(C(=O)OC(C)(C)C)c2cccnc2)cn1. The summed E-state index contributed by atoms with van der Waals surface area (Å²) in [5.41, 5.74) is 0.745. The van der Waals surface area contributed by atoms with E-state index in [-0.39, 0.29) is 0 Å². The van der Waals surface area contributed by atoms with Gasteiger partial charge in [0.1, 0.15) is 5.60 Å². The molecule has 0 saturated heterocycles. The summed E-state index contributed by atoms with van der Waals surface area (Å²) in [4.78, 5) is 35.4. The number of anilines is 2. The van der Waals surface area contributed by atoms with Crippen LogP contribution in [0.15, 0.2) is 36.9 Å². The fraction of sp³-hybridized carbons (Fsp3) is 0.389. The molecule has 2 heterocycles. The third kappa shape index (κ3) is 7.25. The molecule has 0 radical (unpaired) electrons. The summed E-state index contributed by atoms with van der Waals surface area (Å²) in [6.45, 7) is 9.93. The van der Waals surface area contributed by atoms with Gasteiger partial charge in [0.25, 0.3) is 6.47 Å². The summed E-state index contributed by atoms with van der Waals surface area (Å²) in [6, 6.07) is 3.51. The molecule has 0 aliphatic rings. The number of nitrogens with zero attached hydrogens (tertiary/aromatic N) is 4. The van der Waals surface area contributed by atoms with Crippen molar-refractivity contribution >= 4 is 24.1 Å². The number of pyridine rings is 1. The smallest absolute Gasteiger partial charge is 0.420 e. The van der Waals surface area contributed by atoms with Gasteiger partial charge >= 0.3 is 6.09 Å². The molecule has 2 aromatic heterocycles. The second-order valence-corrected chi connectivity index (χ2v) is 6.09. The van der Waals surface area contributed by atoms with Gasteiger partial charge in [-0.2, -0.15) is 0 Å². The molecule has 26 heavy (non-hydrogen) atoms. The van der Waals surface area contributed by atoms with Crippen LogP contribution in [0.4, 0.5) is 16.3 Å². The number of rotatable bonds is 4. The molecule has 0 spiro atoms. The molecule has 0 aromatic carbocycles. The molecule has 0 bridgehead atoms. The lowest BCUT2D eigenvalue weighted by Crippen LogP contribution is -2.34. The van der Waals surface area contributed by atoms with Crippen LogP contribution in [-0.4, -0.2) is 39.7 Å². The molecule has 0 atom stereocenters. The highest BCUT2D eigenvalue weighted by Gasteiger charge is 2.26. The monoisotopic (exact) mass is 360 g/mol. The number of ether oxygens (including phenoxy) is 2. The zero-order valence-electron chi connectivity index (χ0n) is 15.7. The normalized spacial score (nSPS) is 10.2. The largest absolute Gasteiger partial charge is 0.468 e. The summed E-state index contributed by atoms with van der Waals surface area (Å²) in [7, 11) is 0. The molecule has 140 valence electrons. The Kier molecular flexibility index (Phi) is 8.14. The molecule has 1 amide bonds.